The Bertz CT molecular complexity index is 575. The van der Waals surface area contributed by atoms with Gasteiger partial charge in [-0.2, -0.15) is 0 Å². The quantitative estimate of drug-likeness (QED) is 0.845. The number of rotatable bonds is 6. The second-order valence-electron chi connectivity index (χ2n) is 8.20. The van der Waals surface area contributed by atoms with E-state index in [1.54, 1.807) is 0 Å². The van der Waals surface area contributed by atoms with Crippen molar-refractivity contribution in [2.45, 2.75) is 58.4 Å². The second kappa shape index (κ2) is 9.40. The Morgan fingerprint density at radius 1 is 1.15 bits per heavy atom. The van der Waals surface area contributed by atoms with Crippen LogP contribution in [0.15, 0.2) is 24.3 Å². The van der Waals surface area contributed by atoms with Crippen LogP contribution in [0, 0.1) is 12.8 Å². The first-order valence-corrected chi connectivity index (χ1v) is 10.5. The smallest absolute Gasteiger partial charge is 0.223 e. The molecule has 4 nitrogen and oxygen atoms in total. The van der Waals surface area contributed by atoms with E-state index in [4.69, 9.17) is 0 Å². The fourth-order valence-electron chi connectivity index (χ4n) is 4.23. The normalized spacial score (nSPS) is 20.8. The number of nitrogens with one attached hydrogen (secondary N) is 1. The van der Waals surface area contributed by atoms with Gasteiger partial charge >= 0.3 is 0 Å². The van der Waals surface area contributed by atoms with E-state index in [0.717, 1.165) is 52.0 Å². The zero-order valence-corrected chi connectivity index (χ0v) is 16.5. The molecule has 0 bridgehead atoms. The molecule has 1 amide bonds. The Labute approximate surface area is 158 Å². The summed E-state index contributed by atoms with van der Waals surface area (Å²) in [4.78, 5) is 17.4. The lowest BCUT2D eigenvalue weighted by Gasteiger charge is -2.36. The molecule has 26 heavy (non-hydrogen) atoms. The predicted molar refractivity (Wildman–Crippen MR) is 109 cm³/mol. The number of carbonyl (C=O) groups excluding carboxylic acids is 1. The molecule has 0 unspecified atom stereocenters. The topological polar surface area (TPSA) is 35.6 Å². The van der Waals surface area contributed by atoms with Crippen molar-refractivity contribution >= 4 is 11.6 Å². The Morgan fingerprint density at radius 2 is 1.88 bits per heavy atom. The Balaban J connectivity index is 1.36. The molecule has 2 aliphatic rings. The third-order valence-corrected chi connectivity index (χ3v) is 5.98. The fourth-order valence-corrected chi connectivity index (χ4v) is 4.23. The van der Waals surface area contributed by atoms with Gasteiger partial charge in [0.2, 0.25) is 5.91 Å². The molecule has 1 aromatic rings. The molecule has 1 aliphatic heterocycles. The van der Waals surface area contributed by atoms with E-state index in [1.165, 1.54) is 30.5 Å². The van der Waals surface area contributed by atoms with Crippen LogP contribution in [-0.4, -0.2) is 49.6 Å². The number of hydrogen-bond donors (Lipinski definition) is 1. The minimum Gasteiger partial charge on any atom is -0.369 e. The Morgan fingerprint density at radius 3 is 2.58 bits per heavy atom. The predicted octanol–water partition coefficient (Wildman–Crippen LogP) is 3.59. The molecule has 1 aliphatic carbocycles. The number of aryl methyl sites for hydroxylation is 1. The van der Waals surface area contributed by atoms with Crippen LogP contribution < -0.4 is 10.2 Å². The van der Waals surface area contributed by atoms with Crippen molar-refractivity contribution in [1.82, 2.24) is 10.2 Å². The van der Waals surface area contributed by atoms with Crippen LogP contribution in [0.1, 0.15) is 51.0 Å². The van der Waals surface area contributed by atoms with Crippen LogP contribution in [-0.2, 0) is 4.79 Å². The molecule has 3 rings (SSSR count). The second-order valence-corrected chi connectivity index (χ2v) is 8.20. The zero-order chi connectivity index (χ0) is 18.4. The van der Waals surface area contributed by atoms with Crippen LogP contribution in [0.2, 0.25) is 0 Å². The summed E-state index contributed by atoms with van der Waals surface area (Å²) in [5, 5.41) is 3.25. The molecule has 4 heteroatoms. The minimum absolute atomic E-state index is 0.268. The summed E-state index contributed by atoms with van der Waals surface area (Å²) in [6, 6.07) is 9.07. The molecule has 1 saturated heterocycles. The van der Waals surface area contributed by atoms with Gasteiger partial charge in [0.05, 0.1) is 0 Å². The lowest BCUT2D eigenvalue weighted by molar-refractivity contribution is -0.126. The molecule has 1 aromatic carbocycles. The van der Waals surface area contributed by atoms with E-state index in [0.29, 0.717) is 5.91 Å². The number of carbonyl (C=O) groups is 1. The van der Waals surface area contributed by atoms with Crippen molar-refractivity contribution in [3.63, 3.8) is 0 Å². The zero-order valence-electron chi connectivity index (χ0n) is 16.5. The van der Waals surface area contributed by atoms with Gasteiger partial charge < -0.3 is 10.2 Å². The van der Waals surface area contributed by atoms with Gasteiger partial charge in [-0.3, -0.25) is 9.69 Å². The summed E-state index contributed by atoms with van der Waals surface area (Å²) in [7, 11) is 0. The van der Waals surface area contributed by atoms with Crippen LogP contribution in [0.3, 0.4) is 0 Å². The average molecular weight is 358 g/mol. The standard InChI is InChI=1S/C22H35N3O/c1-18-7-6-10-21(17-18)25-15-13-24(14-16-25)12-11-19(2)23-22(26)20-8-4-3-5-9-20/h6-7,10,17,19-20H,3-5,8-9,11-16H2,1-2H3,(H,23,26)/t19-/m1/s1. The van der Waals surface area contributed by atoms with Crippen LogP contribution in [0.4, 0.5) is 5.69 Å². The fraction of sp³-hybridized carbons (Fsp3) is 0.682. The monoisotopic (exact) mass is 357 g/mol. The van der Waals surface area contributed by atoms with Crippen molar-refractivity contribution < 1.29 is 4.79 Å². The van der Waals surface area contributed by atoms with E-state index in [1.807, 2.05) is 0 Å². The molecule has 0 radical (unpaired) electrons. The van der Waals surface area contributed by atoms with E-state index in [9.17, 15) is 4.79 Å². The highest BCUT2D eigenvalue weighted by atomic mass is 16.1. The lowest BCUT2D eigenvalue weighted by Crippen LogP contribution is -2.48. The maximum Gasteiger partial charge on any atom is 0.223 e. The average Bonchev–Trinajstić information content (AvgIpc) is 2.67. The minimum atomic E-state index is 0.268. The van der Waals surface area contributed by atoms with E-state index < -0.39 is 0 Å². The van der Waals surface area contributed by atoms with Gasteiger partial charge in [-0.15, -0.1) is 0 Å². The molecular weight excluding hydrogens is 322 g/mol. The SMILES string of the molecule is Cc1cccc(N2CCN(CC[C@@H](C)NC(=O)C3CCCCC3)CC2)c1. The molecule has 1 atom stereocenters. The van der Waals surface area contributed by atoms with Gasteiger partial charge in [-0.25, -0.2) is 0 Å². The summed E-state index contributed by atoms with van der Waals surface area (Å²) in [5.41, 5.74) is 2.67. The highest BCUT2D eigenvalue weighted by molar-refractivity contribution is 5.78. The molecule has 144 valence electrons. The summed E-state index contributed by atoms with van der Waals surface area (Å²) in [6.07, 6.45) is 6.95. The molecule has 1 saturated carbocycles. The van der Waals surface area contributed by atoms with Gasteiger partial charge in [0.25, 0.3) is 0 Å². The third-order valence-electron chi connectivity index (χ3n) is 5.98. The van der Waals surface area contributed by atoms with Gasteiger partial charge in [0.15, 0.2) is 0 Å². The van der Waals surface area contributed by atoms with Crippen LogP contribution in [0.5, 0.6) is 0 Å². The van der Waals surface area contributed by atoms with Crippen molar-refractivity contribution in [2.24, 2.45) is 5.92 Å². The number of hydrogen-bond acceptors (Lipinski definition) is 3. The molecular formula is C22H35N3O. The number of benzene rings is 1. The maximum atomic E-state index is 12.4. The van der Waals surface area contributed by atoms with Crippen molar-refractivity contribution in [1.29, 1.82) is 0 Å². The number of piperazine rings is 1. The molecule has 2 fully saturated rings. The summed E-state index contributed by atoms with van der Waals surface area (Å²) < 4.78 is 0. The number of anilines is 1. The number of nitrogens with zero attached hydrogens (tertiary/aromatic N) is 2. The summed E-state index contributed by atoms with van der Waals surface area (Å²) in [6.45, 7) is 9.78. The van der Waals surface area contributed by atoms with Gasteiger partial charge in [0, 0.05) is 50.4 Å². The first-order valence-electron chi connectivity index (χ1n) is 10.5. The largest absolute Gasteiger partial charge is 0.369 e. The summed E-state index contributed by atoms with van der Waals surface area (Å²) >= 11 is 0. The third kappa shape index (κ3) is 5.47. The summed E-state index contributed by atoms with van der Waals surface area (Å²) in [5.74, 6) is 0.561. The van der Waals surface area contributed by atoms with Crippen molar-refractivity contribution in [3.8, 4) is 0 Å². The molecule has 0 aromatic heterocycles. The van der Waals surface area contributed by atoms with Crippen LogP contribution >= 0.6 is 0 Å². The maximum absolute atomic E-state index is 12.4. The van der Waals surface area contributed by atoms with Crippen LogP contribution in [0.25, 0.3) is 0 Å². The molecule has 1 N–H and O–H groups in total. The van der Waals surface area contributed by atoms with Gasteiger partial charge in [-0.05, 0) is 50.8 Å². The Kier molecular flexibility index (Phi) is 6.95. The highest BCUT2D eigenvalue weighted by Gasteiger charge is 2.23. The van der Waals surface area contributed by atoms with Gasteiger partial charge in [0.1, 0.15) is 0 Å². The van der Waals surface area contributed by atoms with E-state index in [2.05, 4.69) is 53.2 Å². The van der Waals surface area contributed by atoms with E-state index >= 15 is 0 Å². The first-order chi connectivity index (χ1) is 12.6. The first kappa shape index (κ1) is 19.2. The Hall–Kier alpha value is -1.55. The lowest BCUT2D eigenvalue weighted by atomic mass is 9.88. The number of amides is 1. The van der Waals surface area contributed by atoms with E-state index in [-0.39, 0.29) is 12.0 Å². The van der Waals surface area contributed by atoms with Gasteiger partial charge in [-0.1, -0.05) is 31.4 Å². The van der Waals surface area contributed by atoms with Crippen molar-refractivity contribution in [3.05, 3.63) is 29.8 Å². The highest BCUT2D eigenvalue weighted by Crippen LogP contribution is 2.24. The molecule has 1 heterocycles. The van der Waals surface area contributed by atoms with Crippen molar-refractivity contribution in [2.75, 3.05) is 37.6 Å². The molecule has 0 spiro atoms.